The van der Waals surface area contributed by atoms with Crippen molar-refractivity contribution in [2.24, 2.45) is 23.2 Å². The van der Waals surface area contributed by atoms with E-state index in [4.69, 9.17) is 4.74 Å². The van der Waals surface area contributed by atoms with E-state index >= 15 is 0 Å². The number of aryl methyl sites for hydroxylation is 1. The van der Waals surface area contributed by atoms with Crippen LogP contribution < -0.4 is 10.1 Å². The van der Waals surface area contributed by atoms with E-state index in [1.165, 1.54) is 44.1 Å². The summed E-state index contributed by atoms with van der Waals surface area (Å²) >= 11 is 0. The number of ether oxygens (including phenoxy) is 1. The van der Waals surface area contributed by atoms with Crippen molar-refractivity contribution in [3.8, 4) is 5.75 Å². The Morgan fingerprint density at radius 2 is 1.70 bits per heavy atom. The van der Waals surface area contributed by atoms with Crippen molar-refractivity contribution < 1.29 is 9.53 Å². The predicted molar refractivity (Wildman–Crippen MR) is 109 cm³/mol. The van der Waals surface area contributed by atoms with Crippen molar-refractivity contribution in [1.82, 2.24) is 5.32 Å². The highest BCUT2D eigenvalue weighted by molar-refractivity contribution is 5.78. The van der Waals surface area contributed by atoms with Gasteiger partial charge in [0.05, 0.1) is 0 Å². The molecule has 27 heavy (non-hydrogen) atoms. The van der Waals surface area contributed by atoms with Gasteiger partial charge in [0, 0.05) is 6.04 Å². The van der Waals surface area contributed by atoms with E-state index in [0.717, 1.165) is 29.1 Å². The molecule has 0 aliphatic heterocycles. The Balaban J connectivity index is 1.37. The minimum Gasteiger partial charge on any atom is -0.483 e. The maximum absolute atomic E-state index is 12.6. The van der Waals surface area contributed by atoms with Crippen LogP contribution >= 0.6 is 0 Å². The van der Waals surface area contributed by atoms with Crippen LogP contribution in [0.25, 0.3) is 0 Å². The lowest BCUT2D eigenvalue weighted by Crippen LogP contribution is -2.56. The van der Waals surface area contributed by atoms with Crippen molar-refractivity contribution in [3.63, 3.8) is 0 Å². The number of benzene rings is 1. The third-order valence-corrected chi connectivity index (χ3v) is 7.53. The summed E-state index contributed by atoms with van der Waals surface area (Å²) in [4.78, 5) is 12.6. The number of hydrogen-bond acceptors (Lipinski definition) is 2. The second-order valence-corrected chi connectivity index (χ2v) is 10.1. The molecule has 5 rings (SSSR count). The van der Waals surface area contributed by atoms with Gasteiger partial charge < -0.3 is 10.1 Å². The van der Waals surface area contributed by atoms with Gasteiger partial charge in [-0.1, -0.05) is 26.0 Å². The molecule has 1 amide bonds. The van der Waals surface area contributed by atoms with Gasteiger partial charge in [-0.2, -0.15) is 0 Å². The van der Waals surface area contributed by atoms with Gasteiger partial charge in [-0.05, 0) is 98.7 Å². The van der Waals surface area contributed by atoms with Crippen molar-refractivity contribution in [1.29, 1.82) is 0 Å². The van der Waals surface area contributed by atoms with Crippen LogP contribution in [0.5, 0.6) is 5.75 Å². The maximum atomic E-state index is 12.6. The van der Waals surface area contributed by atoms with E-state index in [1.807, 2.05) is 6.07 Å². The third-order valence-electron chi connectivity index (χ3n) is 7.53. The molecule has 4 aliphatic carbocycles. The number of hydrogen-bond donors (Lipinski definition) is 1. The molecule has 0 spiro atoms. The van der Waals surface area contributed by atoms with Crippen LogP contribution in [0.2, 0.25) is 0 Å². The van der Waals surface area contributed by atoms with Crippen LogP contribution in [0.1, 0.15) is 76.3 Å². The van der Waals surface area contributed by atoms with Gasteiger partial charge in [-0.15, -0.1) is 0 Å². The molecule has 0 unspecified atom stereocenters. The monoisotopic (exact) mass is 369 g/mol. The molecule has 1 atom stereocenters. The minimum atomic E-state index is 0.0226. The molecule has 1 aromatic rings. The quantitative estimate of drug-likeness (QED) is 0.747. The van der Waals surface area contributed by atoms with E-state index in [2.05, 4.69) is 45.1 Å². The average molecular weight is 370 g/mol. The van der Waals surface area contributed by atoms with Gasteiger partial charge in [0.15, 0.2) is 6.61 Å². The summed E-state index contributed by atoms with van der Waals surface area (Å²) in [6.07, 6.45) is 8.27. The lowest BCUT2D eigenvalue weighted by atomic mass is 9.48. The Kier molecular flexibility index (Phi) is 4.98. The lowest BCUT2D eigenvalue weighted by molar-refractivity contribution is -0.127. The molecule has 4 bridgehead atoms. The van der Waals surface area contributed by atoms with E-state index < -0.39 is 0 Å². The van der Waals surface area contributed by atoms with Gasteiger partial charge in [0.2, 0.25) is 0 Å². The van der Waals surface area contributed by atoms with Gasteiger partial charge >= 0.3 is 0 Å². The molecule has 3 nitrogen and oxygen atoms in total. The zero-order valence-corrected chi connectivity index (χ0v) is 17.4. The lowest BCUT2D eigenvalue weighted by Gasteiger charge is -2.59. The smallest absolute Gasteiger partial charge is 0.258 e. The summed E-state index contributed by atoms with van der Waals surface area (Å²) in [5.41, 5.74) is 2.68. The summed E-state index contributed by atoms with van der Waals surface area (Å²) in [5, 5.41) is 3.31. The molecule has 4 aliphatic rings. The summed E-state index contributed by atoms with van der Waals surface area (Å²) in [7, 11) is 0. The summed E-state index contributed by atoms with van der Waals surface area (Å²) in [6, 6.07) is 6.53. The highest BCUT2D eigenvalue weighted by Gasteiger charge is 2.53. The van der Waals surface area contributed by atoms with Gasteiger partial charge in [0.25, 0.3) is 5.91 Å². The number of carbonyl (C=O) groups is 1. The normalized spacial score (nSPS) is 32.6. The molecule has 3 heteroatoms. The second-order valence-electron chi connectivity index (χ2n) is 10.1. The zero-order chi connectivity index (χ0) is 19.2. The fourth-order valence-electron chi connectivity index (χ4n) is 6.53. The molecule has 0 aromatic heterocycles. The fourth-order valence-corrected chi connectivity index (χ4v) is 6.53. The molecule has 4 fully saturated rings. The summed E-state index contributed by atoms with van der Waals surface area (Å²) in [6.45, 7) is 8.72. The molecular weight excluding hydrogens is 334 g/mol. The average Bonchev–Trinajstić information content (AvgIpc) is 2.58. The Morgan fingerprint density at radius 3 is 2.26 bits per heavy atom. The SMILES string of the molecule is Cc1ccc(C(C)C)c(OCC(=O)N[C@H](C)C23CC4CC(CC(C4)C2)C3)c1. The van der Waals surface area contributed by atoms with Crippen LogP contribution in [-0.2, 0) is 4.79 Å². The first kappa shape index (κ1) is 18.8. The summed E-state index contributed by atoms with van der Waals surface area (Å²) < 4.78 is 5.95. The van der Waals surface area contributed by atoms with Gasteiger partial charge in [0.1, 0.15) is 5.75 Å². The molecule has 0 saturated heterocycles. The Hall–Kier alpha value is -1.51. The fraction of sp³-hybridized carbons (Fsp3) is 0.708. The van der Waals surface area contributed by atoms with Crippen molar-refractivity contribution in [3.05, 3.63) is 29.3 Å². The van der Waals surface area contributed by atoms with Gasteiger partial charge in [-0.25, -0.2) is 0 Å². The van der Waals surface area contributed by atoms with Crippen molar-refractivity contribution in [2.45, 2.75) is 78.2 Å². The Bertz CT molecular complexity index is 673. The first-order chi connectivity index (χ1) is 12.8. The van der Waals surface area contributed by atoms with Crippen molar-refractivity contribution >= 4 is 5.91 Å². The first-order valence-corrected chi connectivity index (χ1v) is 10.9. The van der Waals surface area contributed by atoms with Gasteiger partial charge in [-0.3, -0.25) is 4.79 Å². The number of amides is 1. The molecule has 1 N–H and O–H groups in total. The first-order valence-electron chi connectivity index (χ1n) is 10.9. The number of carbonyl (C=O) groups excluding carboxylic acids is 1. The van der Waals surface area contributed by atoms with Crippen molar-refractivity contribution in [2.75, 3.05) is 6.61 Å². The van der Waals surface area contributed by atoms with E-state index in [-0.39, 0.29) is 18.6 Å². The van der Waals surface area contributed by atoms with Crippen LogP contribution in [0, 0.1) is 30.1 Å². The van der Waals surface area contributed by atoms with E-state index in [9.17, 15) is 4.79 Å². The van der Waals surface area contributed by atoms with E-state index in [1.54, 1.807) is 0 Å². The maximum Gasteiger partial charge on any atom is 0.258 e. The molecule has 0 heterocycles. The Labute approximate surface area is 164 Å². The Morgan fingerprint density at radius 1 is 1.11 bits per heavy atom. The summed E-state index contributed by atoms with van der Waals surface area (Å²) in [5.74, 6) is 3.99. The number of nitrogens with one attached hydrogen (secondary N) is 1. The minimum absolute atomic E-state index is 0.0226. The molecule has 4 saturated carbocycles. The highest BCUT2D eigenvalue weighted by Crippen LogP contribution is 2.61. The zero-order valence-electron chi connectivity index (χ0n) is 17.4. The van der Waals surface area contributed by atoms with Crippen LogP contribution in [0.4, 0.5) is 0 Å². The van der Waals surface area contributed by atoms with Crippen LogP contribution in [0.3, 0.4) is 0 Å². The van der Waals surface area contributed by atoms with E-state index in [0.29, 0.717) is 11.3 Å². The molecular formula is C24H35NO2. The molecule has 0 radical (unpaired) electrons. The predicted octanol–water partition coefficient (Wildman–Crippen LogP) is 5.22. The number of rotatable bonds is 6. The third kappa shape index (κ3) is 3.75. The molecule has 1 aromatic carbocycles. The highest BCUT2D eigenvalue weighted by atomic mass is 16.5. The second kappa shape index (κ2) is 7.14. The topological polar surface area (TPSA) is 38.3 Å². The molecule has 148 valence electrons. The van der Waals surface area contributed by atoms with Crippen LogP contribution in [-0.4, -0.2) is 18.6 Å². The standard InChI is InChI=1S/C24H35NO2/c1-15(2)21-6-5-16(3)7-22(21)27-14-23(26)25-17(4)24-11-18-8-19(12-24)10-20(9-18)13-24/h5-7,15,17-20H,8-14H2,1-4H3,(H,25,26)/t17-,18?,19?,20?,24?/m1/s1. The van der Waals surface area contributed by atoms with Crippen LogP contribution in [0.15, 0.2) is 18.2 Å². The largest absolute Gasteiger partial charge is 0.483 e.